The van der Waals surface area contributed by atoms with Crippen LogP contribution in [0, 0.1) is 20.8 Å². The van der Waals surface area contributed by atoms with Crippen molar-refractivity contribution in [1.29, 1.82) is 0 Å². The van der Waals surface area contributed by atoms with Crippen LogP contribution < -0.4 is 10.5 Å². The van der Waals surface area contributed by atoms with E-state index < -0.39 is 27.6 Å². The van der Waals surface area contributed by atoms with Gasteiger partial charge in [-0.15, -0.1) is 0 Å². The number of halogens is 3. The maximum absolute atomic E-state index is 12.0. The quantitative estimate of drug-likeness (QED) is 0.656. The molecule has 0 heterocycles. The predicted molar refractivity (Wildman–Crippen MR) is 89.0 cm³/mol. The summed E-state index contributed by atoms with van der Waals surface area (Å²) in [7, 11) is -5.26. The van der Waals surface area contributed by atoms with Crippen molar-refractivity contribution >= 4 is 10.0 Å². The molecule has 1 aromatic carbocycles. The van der Waals surface area contributed by atoms with Crippen molar-refractivity contribution in [3.05, 3.63) is 34.9 Å². The summed E-state index contributed by atoms with van der Waals surface area (Å²) in [6.45, 7) is 6.44. The van der Waals surface area contributed by atoms with Gasteiger partial charge >= 0.3 is 15.5 Å². The van der Waals surface area contributed by atoms with E-state index in [1.54, 1.807) is 4.72 Å². The molecule has 0 radical (unpaired) electrons. The molecule has 0 aromatic heterocycles. The van der Waals surface area contributed by atoms with Gasteiger partial charge in [0.1, 0.15) is 0 Å². The molecule has 1 fully saturated rings. The summed E-state index contributed by atoms with van der Waals surface area (Å²) < 4.78 is 59.2. The molecule has 4 nitrogen and oxygen atoms in total. The minimum absolute atomic E-state index is 0. The second-order valence-electron chi connectivity index (χ2n) is 6.14. The molecule has 1 aliphatic rings. The Morgan fingerprint density at radius 3 is 1.96 bits per heavy atom. The second kappa shape index (κ2) is 10.00. The van der Waals surface area contributed by atoms with Crippen molar-refractivity contribution < 1.29 is 41.1 Å². The fourth-order valence-corrected chi connectivity index (χ4v) is 3.29. The van der Waals surface area contributed by atoms with Gasteiger partial charge in [-0.1, -0.05) is 31.0 Å². The summed E-state index contributed by atoms with van der Waals surface area (Å²) >= 11 is 0. The zero-order chi connectivity index (χ0) is 18.5. The molecule has 146 valence electrons. The molecule has 2 atom stereocenters. The molecule has 9 heteroatoms. The molecule has 1 aliphatic carbocycles. The van der Waals surface area contributed by atoms with Crippen LogP contribution in [-0.2, 0) is 29.5 Å². The molecular weight excluding hydrogens is 442 g/mol. The largest absolute Gasteiger partial charge is 0.511 e. The Morgan fingerprint density at radius 2 is 1.56 bits per heavy atom. The maximum atomic E-state index is 12.0. The molecule has 3 N–H and O–H groups in total. The Labute approximate surface area is 160 Å². The van der Waals surface area contributed by atoms with Crippen LogP contribution in [0.25, 0.3) is 0 Å². The smallest absolute Gasteiger partial charge is 0.326 e. The van der Waals surface area contributed by atoms with Crippen molar-refractivity contribution in [3.63, 3.8) is 0 Å². The van der Waals surface area contributed by atoms with E-state index in [2.05, 4.69) is 39.0 Å². The number of hydrogen-bond donors (Lipinski definition) is 2. The maximum Gasteiger partial charge on any atom is 0.511 e. The third-order valence-electron chi connectivity index (χ3n) is 4.31. The molecule has 0 saturated heterocycles. The van der Waals surface area contributed by atoms with Crippen molar-refractivity contribution in [2.75, 3.05) is 0 Å². The van der Waals surface area contributed by atoms with E-state index in [1.165, 1.54) is 16.7 Å². The molecule has 0 amide bonds. The van der Waals surface area contributed by atoms with Crippen LogP contribution in [0.3, 0.4) is 0 Å². The molecule has 0 bridgehead atoms. The van der Waals surface area contributed by atoms with Crippen LogP contribution in [-0.4, -0.2) is 26.0 Å². The molecule has 1 saturated carbocycles. The first-order chi connectivity index (χ1) is 11.0. The SMILES string of the molecule is Cc1cccc(C)c1C.N[C@H]1CCCC[C@@H]1NS(=O)(=O)C(F)(F)F.[Ru]. The van der Waals surface area contributed by atoms with E-state index in [-0.39, 0.29) is 19.5 Å². The van der Waals surface area contributed by atoms with E-state index in [1.807, 2.05) is 0 Å². The topological polar surface area (TPSA) is 72.2 Å². The van der Waals surface area contributed by atoms with Crippen LogP contribution in [0.5, 0.6) is 0 Å². The number of benzene rings is 1. The fourth-order valence-electron chi connectivity index (χ4n) is 2.47. The Balaban J connectivity index is 0.000000495. The summed E-state index contributed by atoms with van der Waals surface area (Å²) in [5, 5.41) is 0. The molecule has 25 heavy (non-hydrogen) atoms. The van der Waals surface area contributed by atoms with Gasteiger partial charge in [0.2, 0.25) is 0 Å². The van der Waals surface area contributed by atoms with Crippen molar-refractivity contribution in [3.8, 4) is 0 Å². The molecule has 2 rings (SSSR count). The Bertz CT molecular complexity index is 631. The summed E-state index contributed by atoms with van der Waals surface area (Å²) in [6, 6.07) is 5.05. The first-order valence-electron chi connectivity index (χ1n) is 7.82. The van der Waals surface area contributed by atoms with Crippen molar-refractivity contribution in [2.45, 2.75) is 64.0 Å². The van der Waals surface area contributed by atoms with Gasteiger partial charge in [-0.05, 0) is 50.3 Å². The van der Waals surface area contributed by atoms with Gasteiger partial charge in [0.25, 0.3) is 0 Å². The average Bonchev–Trinajstić information content (AvgIpc) is 2.46. The van der Waals surface area contributed by atoms with Crippen LogP contribution in [0.1, 0.15) is 42.4 Å². The number of aryl methyl sites for hydroxylation is 2. The van der Waals surface area contributed by atoms with Crippen LogP contribution in [0.4, 0.5) is 13.2 Å². The number of hydrogen-bond acceptors (Lipinski definition) is 3. The van der Waals surface area contributed by atoms with E-state index in [4.69, 9.17) is 5.73 Å². The second-order valence-corrected chi connectivity index (χ2v) is 7.84. The third-order valence-corrected chi connectivity index (χ3v) is 5.53. The van der Waals surface area contributed by atoms with Gasteiger partial charge in [-0.3, -0.25) is 0 Å². The molecule has 0 aliphatic heterocycles. The monoisotopic (exact) mass is 468 g/mol. The summed E-state index contributed by atoms with van der Waals surface area (Å²) in [5.74, 6) is 0. The van der Waals surface area contributed by atoms with E-state index in [0.29, 0.717) is 19.3 Å². The van der Waals surface area contributed by atoms with Crippen LogP contribution >= 0.6 is 0 Å². The number of alkyl halides is 3. The van der Waals surface area contributed by atoms with Gasteiger partial charge in [0.15, 0.2) is 0 Å². The van der Waals surface area contributed by atoms with Gasteiger partial charge in [-0.2, -0.15) is 13.2 Å². The zero-order valence-corrected chi connectivity index (χ0v) is 17.1. The first-order valence-corrected chi connectivity index (χ1v) is 9.31. The number of rotatable bonds is 2. The normalized spacial score (nSPS) is 20.9. The average molecular weight is 468 g/mol. The minimum Gasteiger partial charge on any atom is -0.326 e. The van der Waals surface area contributed by atoms with E-state index in [9.17, 15) is 21.6 Å². The third kappa shape index (κ3) is 7.33. The Kier molecular flexibility index (Phi) is 9.80. The van der Waals surface area contributed by atoms with Gasteiger partial charge in [0.05, 0.1) is 0 Å². The fraction of sp³-hybridized carbons (Fsp3) is 0.625. The number of sulfonamides is 1. The molecular formula is C16H25F3N2O2RuS. The molecule has 0 unspecified atom stereocenters. The number of nitrogens with two attached hydrogens (primary N) is 1. The minimum atomic E-state index is -5.26. The molecule has 0 spiro atoms. The number of nitrogens with one attached hydrogen (secondary N) is 1. The Morgan fingerprint density at radius 1 is 1.08 bits per heavy atom. The van der Waals surface area contributed by atoms with Crippen molar-refractivity contribution in [1.82, 2.24) is 4.72 Å². The standard InChI is InChI=1S/C9H12.C7H13F3N2O2S.Ru/c1-7-5-4-6-8(2)9(7)3;8-7(9,10)15(13,14)12-6-4-2-1-3-5(6)11;/h4-6H,1-3H3;5-6,12H,1-4,11H2;/t;5-,6-;/m.0./s1. The van der Waals surface area contributed by atoms with Crippen molar-refractivity contribution in [2.24, 2.45) is 5.73 Å². The van der Waals surface area contributed by atoms with Crippen LogP contribution in [0.15, 0.2) is 18.2 Å². The summed E-state index contributed by atoms with van der Waals surface area (Å²) in [5.41, 5.74) is 4.46. The van der Waals surface area contributed by atoms with Gasteiger partial charge in [0, 0.05) is 31.6 Å². The molecule has 1 aromatic rings. The van der Waals surface area contributed by atoms with Crippen LogP contribution in [0.2, 0.25) is 0 Å². The van der Waals surface area contributed by atoms with Gasteiger partial charge in [-0.25, -0.2) is 13.1 Å². The van der Waals surface area contributed by atoms with E-state index >= 15 is 0 Å². The van der Waals surface area contributed by atoms with Gasteiger partial charge < -0.3 is 5.73 Å². The summed E-state index contributed by atoms with van der Waals surface area (Å²) in [6.07, 6.45) is 2.42. The summed E-state index contributed by atoms with van der Waals surface area (Å²) in [4.78, 5) is 0. The first kappa shape index (κ1) is 24.5. The van der Waals surface area contributed by atoms with E-state index in [0.717, 1.165) is 6.42 Å². The zero-order valence-electron chi connectivity index (χ0n) is 14.5. The Hall–Kier alpha value is -0.497. The predicted octanol–water partition coefficient (Wildman–Crippen LogP) is 3.30.